The van der Waals surface area contributed by atoms with Crippen LogP contribution in [0.2, 0.25) is 0 Å². The Labute approximate surface area is 144 Å². The predicted octanol–water partition coefficient (Wildman–Crippen LogP) is 2.16. The summed E-state index contributed by atoms with van der Waals surface area (Å²) < 4.78 is 15.9. The lowest BCUT2D eigenvalue weighted by Gasteiger charge is -2.28. The molecule has 0 saturated carbocycles. The third-order valence-corrected chi connectivity index (χ3v) is 4.68. The van der Waals surface area contributed by atoms with Crippen molar-refractivity contribution in [1.82, 2.24) is 24.4 Å². The van der Waals surface area contributed by atoms with Crippen LogP contribution < -0.4 is 5.56 Å². The molecule has 0 amide bonds. The molecule has 3 aromatic rings. The van der Waals surface area contributed by atoms with E-state index in [1.54, 1.807) is 12.1 Å². The van der Waals surface area contributed by atoms with Gasteiger partial charge in [-0.2, -0.15) is 0 Å². The molecule has 2 aromatic heterocycles. The van der Waals surface area contributed by atoms with Crippen molar-refractivity contribution >= 4 is 11.2 Å². The Morgan fingerprint density at radius 2 is 1.84 bits per heavy atom. The highest BCUT2D eigenvalue weighted by molar-refractivity contribution is 5.66. The molecule has 1 unspecified atom stereocenters. The van der Waals surface area contributed by atoms with E-state index in [0.717, 1.165) is 25.9 Å². The van der Waals surface area contributed by atoms with Crippen molar-refractivity contribution in [3.63, 3.8) is 0 Å². The molecule has 6 nitrogen and oxygen atoms in total. The van der Waals surface area contributed by atoms with Gasteiger partial charge in [0.15, 0.2) is 11.2 Å². The first kappa shape index (κ1) is 15.8. The third-order valence-electron chi connectivity index (χ3n) is 4.68. The lowest BCUT2D eigenvalue weighted by atomic mass is 10.0. The van der Waals surface area contributed by atoms with Gasteiger partial charge >= 0.3 is 0 Å². The first-order valence-corrected chi connectivity index (χ1v) is 8.38. The molecule has 0 bridgehead atoms. The topological polar surface area (TPSA) is 63.9 Å². The molecular weight excluding hydrogens is 321 g/mol. The first-order valence-electron chi connectivity index (χ1n) is 8.38. The summed E-state index contributed by atoms with van der Waals surface area (Å²) in [7, 11) is 0. The number of halogens is 1. The van der Waals surface area contributed by atoms with Crippen molar-refractivity contribution in [1.29, 1.82) is 0 Å². The Morgan fingerprint density at radius 1 is 1.08 bits per heavy atom. The molecule has 1 aliphatic rings. The van der Waals surface area contributed by atoms with E-state index in [-0.39, 0.29) is 22.9 Å². The number of hydrogen-bond acceptors (Lipinski definition) is 5. The second-order valence-corrected chi connectivity index (χ2v) is 6.21. The number of likely N-dealkylation sites (tertiary alicyclic amines) is 1. The van der Waals surface area contributed by atoms with Crippen molar-refractivity contribution in [2.45, 2.75) is 25.4 Å². The predicted molar refractivity (Wildman–Crippen MR) is 91.5 cm³/mol. The van der Waals surface area contributed by atoms with E-state index in [1.807, 2.05) is 6.07 Å². The molecule has 1 saturated heterocycles. The molecule has 0 radical (unpaired) electrons. The number of aromatic nitrogens is 4. The van der Waals surface area contributed by atoms with Crippen LogP contribution in [0.1, 0.15) is 24.4 Å². The van der Waals surface area contributed by atoms with Crippen molar-refractivity contribution in [2.24, 2.45) is 0 Å². The summed E-state index contributed by atoms with van der Waals surface area (Å²) in [5.74, 6) is -0.249. The van der Waals surface area contributed by atoms with Crippen LogP contribution in [0.4, 0.5) is 4.39 Å². The fourth-order valence-electron chi connectivity index (χ4n) is 3.41. The maximum atomic E-state index is 14.4. The molecule has 25 heavy (non-hydrogen) atoms. The largest absolute Gasteiger partial charge is 0.295 e. The van der Waals surface area contributed by atoms with Crippen LogP contribution >= 0.6 is 0 Å². The zero-order valence-corrected chi connectivity index (χ0v) is 13.7. The second-order valence-electron chi connectivity index (χ2n) is 6.21. The van der Waals surface area contributed by atoms with Gasteiger partial charge in [-0.25, -0.2) is 19.3 Å². The minimum absolute atomic E-state index is 0.211. The van der Waals surface area contributed by atoms with Crippen molar-refractivity contribution in [3.8, 4) is 0 Å². The summed E-state index contributed by atoms with van der Waals surface area (Å²) in [6.45, 7) is 2.13. The fourth-order valence-corrected chi connectivity index (χ4v) is 3.41. The molecule has 1 atom stereocenters. The van der Waals surface area contributed by atoms with E-state index in [0.29, 0.717) is 17.8 Å². The van der Waals surface area contributed by atoms with Crippen LogP contribution in [0, 0.1) is 5.82 Å². The number of nitrogens with zero attached hydrogens (tertiary/aromatic N) is 5. The highest BCUT2D eigenvalue weighted by atomic mass is 19.1. The molecule has 4 rings (SSSR count). The van der Waals surface area contributed by atoms with E-state index in [2.05, 4.69) is 19.9 Å². The van der Waals surface area contributed by atoms with Gasteiger partial charge in [0.05, 0.1) is 6.04 Å². The summed E-state index contributed by atoms with van der Waals surface area (Å²) >= 11 is 0. The molecule has 1 fully saturated rings. The van der Waals surface area contributed by atoms with Gasteiger partial charge in [-0.1, -0.05) is 18.2 Å². The molecule has 0 aliphatic carbocycles. The van der Waals surface area contributed by atoms with E-state index in [4.69, 9.17) is 0 Å². The van der Waals surface area contributed by atoms with Crippen LogP contribution in [0.3, 0.4) is 0 Å². The van der Waals surface area contributed by atoms with Gasteiger partial charge in [-0.15, -0.1) is 0 Å². The summed E-state index contributed by atoms with van der Waals surface area (Å²) in [6, 6.07) is 6.55. The first-order chi connectivity index (χ1) is 12.2. The quantitative estimate of drug-likeness (QED) is 0.729. The highest BCUT2D eigenvalue weighted by Crippen LogP contribution is 2.28. The molecule has 0 N–H and O–H groups in total. The number of fused-ring (bicyclic) bond motifs is 1. The summed E-state index contributed by atoms with van der Waals surface area (Å²) in [4.78, 5) is 27.3. The van der Waals surface area contributed by atoms with Crippen LogP contribution in [-0.2, 0) is 6.54 Å². The zero-order chi connectivity index (χ0) is 17.2. The lowest BCUT2D eigenvalue weighted by Crippen LogP contribution is -2.33. The monoisotopic (exact) mass is 339 g/mol. The van der Waals surface area contributed by atoms with Gasteiger partial charge < -0.3 is 0 Å². The number of benzene rings is 1. The standard InChI is InChI=1S/C18H18FN5O/c19-14-6-2-1-5-13(14)15(23-9-3-4-10-23)11-24-12-22-17-16(18(24)25)20-7-8-21-17/h1-2,5-8,12,15H,3-4,9-11H2. The Morgan fingerprint density at radius 3 is 2.64 bits per heavy atom. The second kappa shape index (κ2) is 6.68. The van der Waals surface area contributed by atoms with Gasteiger partial charge in [-0.3, -0.25) is 14.3 Å². The van der Waals surface area contributed by atoms with E-state index < -0.39 is 0 Å². The fraction of sp³-hybridized carbons (Fsp3) is 0.333. The SMILES string of the molecule is O=c1c2nccnc2ncn1CC(c1ccccc1F)N1CCCC1. The third kappa shape index (κ3) is 3.02. The van der Waals surface area contributed by atoms with Gasteiger partial charge in [-0.05, 0) is 32.0 Å². The Hall–Kier alpha value is -2.67. The van der Waals surface area contributed by atoms with E-state index in [1.165, 1.54) is 29.4 Å². The summed E-state index contributed by atoms with van der Waals surface area (Å²) in [6.07, 6.45) is 6.63. The van der Waals surface area contributed by atoms with Gasteiger partial charge in [0.25, 0.3) is 5.56 Å². The zero-order valence-electron chi connectivity index (χ0n) is 13.7. The summed E-state index contributed by atoms with van der Waals surface area (Å²) in [5, 5.41) is 0. The lowest BCUT2D eigenvalue weighted by molar-refractivity contribution is 0.215. The Kier molecular flexibility index (Phi) is 4.23. The van der Waals surface area contributed by atoms with Crippen LogP contribution in [0.15, 0.2) is 47.8 Å². The maximum Gasteiger partial charge on any atom is 0.281 e. The normalized spacial score (nSPS) is 16.4. The van der Waals surface area contributed by atoms with Crippen LogP contribution in [0.5, 0.6) is 0 Å². The molecule has 3 heterocycles. The van der Waals surface area contributed by atoms with Crippen LogP contribution in [0.25, 0.3) is 11.2 Å². The Balaban J connectivity index is 1.75. The molecule has 128 valence electrons. The average Bonchev–Trinajstić information content (AvgIpc) is 3.17. The van der Waals surface area contributed by atoms with Gasteiger partial charge in [0, 0.05) is 24.5 Å². The Bertz CT molecular complexity index is 951. The number of rotatable bonds is 4. The minimum Gasteiger partial charge on any atom is -0.295 e. The van der Waals surface area contributed by atoms with E-state index >= 15 is 0 Å². The van der Waals surface area contributed by atoms with Crippen molar-refractivity contribution in [2.75, 3.05) is 13.1 Å². The minimum atomic E-state index is -0.251. The molecular formula is C18H18FN5O. The number of hydrogen-bond donors (Lipinski definition) is 0. The molecule has 1 aromatic carbocycles. The van der Waals surface area contributed by atoms with Crippen LogP contribution in [-0.4, -0.2) is 37.5 Å². The summed E-state index contributed by atoms with van der Waals surface area (Å²) in [5.41, 5.74) is 0.917. The van der Waals surface area contributed by atoms with Crippen molar-refractivity contribution < 1.29 is 4.39 Å². The smallest absolute Gasteiger partial charge is 0.281 e. The van der Waals surface area contributed by atoms with Crippen molar-refractivity contribution in [3.05, 3.63) is 64.7 Å². The highest BCUT2D eigenvalue weighted by Gasteiger charge is 2.26. The maximum absolute atomic E-state index is 14.4. The average molecular weight is 339 g/mol. The van der Waals surface area contributed by atoms with Gasteiger partial charge in [0.2, 0.25) is 0 Å². The molecule has 0 spiro atoms. The van der Waals surface area contributed by atoms with Gasteiger partial charge in [0.1, 0.15) is 12.1 Å². The molecule has 7 heteroatoms. The van der Waals surface area contributed by atoms with E-state index in [9.17, 15) is 9.18 Å². The molecule has 1 aliphatic heterocycles.